The Hall–Kier alpha value is -1.68. The second kappa shape index (κ2) is 5.44. The van der Waals surface area contributed by atoms with E-state index in [1.54, 1.807) is 24.3 Å². The molecule has 1 aliphatic heterocycles. The maximum atomic E-state index is 12.8. The van der Waals surface area contributed by atoms with Crippen LogP contribution < -0.4 is 0 Å². The fraction of sp³-hybridized carbons (Fsp3) is 0.474. The van der Waals surface area contributed by atoms with Crippen LogP contribution in [0.1, 0.15) is 46.9 Å². The molecule has 1 aromatic rings. The van der Waals surface area contributed by atoms with E-state index in [0.717, 1.165) is 12.8 Å². The molecule has 1 heterocycles. The molecule has 2 aliphatic rings. The number of carbonyl (C=O) groups excluding carboxylic acids is 2. The first-order valence-electron chi connectivity index (χ1n) is 8.33. The molecule has 122 valence electrons. The number of hydrogen-bond donors (Lipinski definition) is 1. The minimum Gasteiger partial charge on any atom is -0.504 e. The minimum atomic E-state index is -1.08. The Labute approximate surface area is 138 Å². The molecule has 1 aromatic carbocycles. The molecule has 1 N–H and O–H groups in total. The summed E-state index contributed by atoms with van der Waals surface area (Å²) in [6.07, 6.45) is 2.65. The van der Waals surface area contributed by atoms with Crippen molar-refractivity contribution in [2.24, 2.45) is 5.41 Å². The van der Waals surface area contributed by atoms with Gasteiger partial charge in [-0.3, -0.25) is 9.59 Å². The third kappa shape index (κ3) is 2.92. The van der Waals surface area contributed by atoms with Crippen molar-refractivity contribution < 1.29 is 14.7 Å². The van der Waals surface area contributed by atoms with Crippen molar-refractivity contribution in [1.82, 2.24) is 0 Å². The maximum absolute atomic E-state index is 12.8. The van der Waals surface area contributed by atoms with Crippen molar-refractivity contribution in [3.05, 3.63) is 46.7 Å². The van der Waals surface area contributed by atoms with Crippen LogP contribution in [0.15, 0.2) is 35.6 Å². The van der Waals surface area contributed by atoms with Crippen molar-refractivity contribution in [3.63, 3.8) is 0 Å². The third-order valence-corrected chi connectivity index (χ3v) is 8.81. The van der Waals surface area contributed by atoms with Gasteiger partial charge in [-0.05, 0) is 24.7 Å². The van der Waals surface area contributed by atoms with Gasteiger partial charge >= 0.3 is 0 Å². The van der Waals surface area contributed by atoms with Crippen LogP contribution in [-0.4, -0.2) is 24.7 Å². The van der Waals surface area contributed by atoms with Crippen LogP contribution >= 0.6 is 0 Å². The molecule has 4 heteroatoms. The summed E-state index contributed by atoms with van der Waals surface area (Å²) in [6.45, 7) is 7.01. The molecule has 0 saturated carbocycles. The summed E-state index contributed by atoms with van der Waals surface area (Å²) in [7, 11) is -1.08. The largest absolute Gasteiger partial charge is 0.504 e. The summed E-state index contributed by atoms with van der Waals surface area (Å²) in [5.41, 5.74) is 1.08. The number of allylic oxidation sites excluding steroid dienone is 2. The van der Waals surface area contributed by atoms with Gasteiger partial charge in [0.2, 0.25) is 5.78 Å². The van der Waals surface area contributed by atoms with Gasteiger partial charge in [0.25, 0.3) is 0 Å². The lowest BCUT2D eigenvalue weighted by Crippen LogP contribution is -2.37. The smallest absolute Gasteiger partial charge is 0.228 e. The highest BCUT2D eigenvalue weighted by atomic mass is 28.3. The van der Waals surface area contributed by atoms with E-state index in [9.17, 15) is 14.7 Å². The van der Waals surface area contributed by atoms with Gasteiger partial charge in [-0.1, -0.05) is 56.4 Å². The first-order valence-corrected chi connectivity index (χ1v) is 11.7. The van der Waals surface area contributed by atoms with Crippen LogP contribution in [0.25, 0.3) is 0 Å². The lowest BCUT2D eigenvalue weighted by molar-refractivity contribution is 0.0917. The molecule has 0 atom stereocenters. The highest BCUT2D eigenvalue weighted by Gasteiger charge is 2.40. The van der Waals surface area contributed by atoms with Crippen molar-refractivity contribution in [1.29, 1.82) is 0 Å². The van der Waals surface area contributed by atoms with Gasteiger partial charge in [0, 0.05) is 24.8 Å². The van der Waals surface area contributed by atoms with Gasteiger partial charge in [-0.25, -0.2) is 0 Å². The normalized spacial score (nSPS) is 22.9. The van der Waals surface area contributed by atoms with Crippen LogP contribution in [0.4, 0.5) is 0 Å². The lowest BCUT2D eigenvalue weighted by atomic mass is 9.74. The topological polar surface area (TPSA) is 54.4 Å². The summed E-state index contributed by atoms with van der Waals surface area (Å²) in [5, 5.41) is 10.3. The Morgan fingerprint density at radius 2 is 1.57 bits per heavy atom. The number of benzene rings is 1. The van der Waals surface area contributed by atoms with Crippen molar-refractivity contribution in [2.75, 3.05) is 0 Å². The zero-order chi connectivity index (χ0) is 16.8. The highest BCUT2D eigenvalue weighted by molar-refractivity contribution is 6.77. The molecule has 0 bridgehead atoms. The van der Waals surface area contributed by atoms with E-state index in [1.165, 1.54) is 12.1 Å². The third-order valence-electron chi connectivity index (χ3n) is 5.61. The Morgan fingerprint density at radius 1 is 1.04 bits per heavy atom. The van der Waals surface area contributed by atoms with Gasteiger partial charge in [-0.15, -0.1) is 0 Å². The lowest BCUT2D eigenvalue weighted by Gasteiger charge is -2.41. The quantitative estimate of drug-likeness (QED) is 0.795. The van der Waals surface area contributed by atoms with Crippen molar-refractivity contribution in [2.45, 2.75) is 51.4 Å². The van der Waals surface area contributed by atoms with Crippen molar-refractivity contribution in [3.8, 4) is 0 Å². The Kier molecular flexibility index (Phi) is 3.83. The number of rotatable bonds is 2. The molecule has 23 heavy (non-hydrogen) atoms. The fourth-order valence-electron chi connectivity index (χ4n) is 3.71. The number of ketones is 2. The summed E-state index contributed by atoms with van der Waals surface area (Å²) in [6, 6.07) is 9.27. The van der Waals surface area contributed by atoms with Crippen LogP contribution in [0.5, 0.6) is 0 Å². The first-order chi connectivity index (χ1) is 10.7. The summed E-state index contributed by atoms with van der Waals surface area (Å²) in [4.78, 5) is 25.1. The second-order valence-corrected chi connectivity index (χ2v) is 13.5. The number of fused-ring (bicyclic) bond motifs is 1. The molecule has 3 nitrogen and oxygen atoms in total. The Bertz CT molecular complexity index is 705. The fourth-order valence-corrected chi connectivity index (χ4v) is 6.52. The van der Waals surface area contributed by atoms with E-state index in [4.69, 9.17) is 0 Å². The first kappa shape index (κ1) is 16.2. The average molecular weight is 328 g/mol. The Morgan fingerprint density at radius 3 is 2.13 bits per heavy atom. The molecular formula is C19H24O3Si. The number of aliphatic hydroxyl groups excluding tert-OH is 1. The number of carbonyl (C=O) groups is 2. The molecule has 1 fully saturated rings. The summed E-state index contributed by atoms with van der Waals surface area (Å²) >= 11 is 0. The zero-order valence-electron chi connectivity index (χ0n) is 14.1. The molecule has 0 unspecified atom stereocenters. The van der Waals surface area contributed by atoms with E-state index in [-0.39, 0.29) is 17.0 Å². The predicted molar refractivity (Wildman–Crippen MR) is 93.8 cm³/mol. The highest BCUT2D eigenvalue weighted by Crippen LogP contribution is 2.46. The summed E-state index contributed by atoms with van der Waals surface area (Å²) < 4.78 is 0. The monoisotopic (exact) mass is 328 g/mol. The molecule has 0 radical (unpaired) electrons. The molecule has 1 aliphatic carbocycles. The second-order valence-electron chi connectivity index (χ2n) is 8.18. The van der Waals surface area contributed by atoms with E-state index in [0.29, 0.717) is 23.1 Å². The van der Waals surface area contributed by atoms with Crippen LogP contribution in [-0.2, 0) is 0 Å². The Balaban J connectivity index is 1.90. The predicted octanol–water partition coefficient (Wildman–Crippen LogP) is 4.78. The molecule has 1 saturated heterocycles. The molecule has 3 rings (SSSR count). The van der Waals surface area contributed by atoms with Gasteiger partial charge in [0.1, 0.15) is 0 Å². The average Bonchev–Trinajstić information content (AvgIpc) is 2.53. The van der Waals surface area contributed by atoms with E-state index >= 15 is 0 Å². The maximum Gasteiger partial charge on any atom is 0.228 e. The van der Waals surface area contributed by atoms with E-state index < -0.39 is 13.9 Å². The van der Waals surface area contributed by atoms with Crippen molar-refractivity contribution >= 4 is 19.6 Å². The minimum absolute atomic E-state index is 0.00799. The number of hydrogen-bond acceptors (Lipinski definition) is 3. The number of Topliss-reactive ketones (excluding diaryl/α,β-unsaturated/α-hetero) is 2. The molecule has 0 spiro atoms. The van der Waals surface area contributed by atoms with Crippen LogP contribution in [0.2, 0.25) is 25.2 Å². The van der Waals surface area contributed by atoms with E-state index in [2.05, 4.69) is 20.0 Å². The summed E-state index contributed by atoms with van der Waals surface area (Å²) in [5.74, 6) is -0.928. The molecular weight excluding hydrogens is 304 g/mol. The van der Waals surface area contributed by atoms with E-state index in [1.807, 2.05) is 0 Å². The van der Waals surface area contributed by atoms with Gasteiger partial charge < -0.3 is 5.11 Å². The van der Waals surface area contributed by atoms with Gasteiger partial charge in [-0.2, -0.15) is 0 Å². The molecule has 0 amide bonds. The number of aliphatic hydroxyl groups is 1. The van der Waals surface area contributed by atoms with Gasteiger partial charge in [0.05, 0.1) is 0 Å². The standard InChI is InChI=1S/C19H24O3Si/c1-19(8-10-23(2,3)11-9-19)12-15-16(20)13-6-4-5-7-14(13)17(21)18(15)22/h4-7,22H,8-12H2,1-3H3. The zero-order valence-corrected chi connectivity index (χ0v) is 15.1. The van der Waals surface area contributed by atoms with Gasteiger partial charge in [0.15, 0.2) is 11.5 Å². The molecule has 0 aromatic heterocycles. The van der Waals surface area contributed by atoms with Crippen LogP contribution in [0, 0.1) is 5.41 Å². The SMILES string of the molecule is CC1(CC2=C(O)C(=O)c3ccccc3C2=O)CC[Si](C)(C)CC1. The van der Waals surface area contributed by atoms with Crippen LogP contribution in [0.3, 0.4) is 0 Å².